The first kappa shape index (κ1) is 14.5. The van der Waals surface area contributed by atoms with Crippen LogP contribution in [0.1, 0.15) is 11.1 Å². The smallest absolute Gasteiger partial charge is 0.125 e. The van der Waals surface area contributed by atoms with Crippen LogP contribution in [-0.4, -0.2) is 5.11 Å². The average Bonchev–Trinajstić information content (AvgIpc) is 2.47. The summed E-state index contributed by atoms with van der Waals surface area (Å²) in [6.45, 7) is 0. The summed E-state index contributed by atoms with van der Waals surface area (Å²) in [5.74, 6) is -0.529. The van der Waals surface area contributed by atoms with Crippen LogP contribution in [0.3, 0.4) is 0 Å². The lowest BCUT2D eigenvalue weighted by Crippen LogP contribution is -2.11. The van der Waals surface area contributed by atoms with Crippen molar-refractivity contribution < 1.29 is 9.50 Å². The molecule has 0 aliphatic rings. The zero-order valence-electron chi connectivity index (χ0n) is 11.3. The summed E-state index contributed by atoms with van der Waals surface area (Å²) >= 11 is 0. The number of hydrogen-bond donors (Lipinski definition) is 4. The molecule has 0 spiro atoms. The van der Waals surface area contributed by atoms with Crippen LogP contribution >= 0.6 is 0 Å². The molecule has 0 saturated heterocycles. The van der Waals surface area contributed by atoms with Gasteiger partial charge < -0.3 is 22.3 Å². The van der Waals surface area contributed by atoms with Gasteiger partial charge in [-0.3, -0.25) is 0 Å². The minimum atomic E-state index is -0.495. The number of nitrogens with two attached hydrogens (primary N) is 3. The molecule has 0 aromatic heterocycles. The van der Waals surface area contributed by atoms with Gasteiger partial charge >= 0.3 is 0 Å². The van der Waals surface area contributed by atoms with Crippen molar-refractivity contribution in [2.24, 2.45) is 17.2 Å². The number of phenolic OH excluding ortho intramolecular Hbond substituents is 1. The first-order valence-corrected chi connectivity index (χ1v) is 6.25. The van der Waals surface area contributed by atoms with Crippen LogP contribution in [-0.2, 0) is 0 Å². The monoisotopic (exact) mass is 285 g/mol. The maximum Gasteiger partial charge on any atom is 0.125 e. The Morgan fingerprint density at radius 3 is 2.29 bits per heavy atom. The van der Waals surface area contributed by atoms with Crippen molar-refractivity contribution in [2.75, 3.05) is 0 Å². The van der Waals surface area contributed by atoms with Gasteiger partial charge in [0.25, 0.3) is 0 Å². The summed E-state index contributed by atoms with van der Waals surface area (Å²) in [5.41, 5.74) is 18.9. The van der Waals surface area contributed by atoms with E-state index in [1.807, 2.05) is 30.3 Å². The Hall–Kier alpha value is -2.95. The van der Waals surface area contributed by atoms with Crippen LogP contribution in [0.5, 0.6) is 5.75 Å². The van der Waals surface area contributed by atoms with E-state index in [-0.39, 0.29) is 22.8 Å². The molecule has 0 heterocycles. The number of benzene rings is 2. The number of rotatable bonds is 3. The van der Waals surface area contributed by atoms with Crippen LogP contribution < -0.4 is 17.2 Å². The summed E-state index contributed by atoms with van der Waals surface area (Å²) in [5, 5.41) is 9.76. The van der Waals surface area contributed by atoms with Gasteiger partial charge in [0.1, 0.15) is 17.4 Å². The van der Waals surface area contributed by atoms with Gasteiger partial charge in [-0.15, -0.1) is 0 Å². The molecular formula is C16H16FN3O. The number of allylic oxidation sites excluding steroid dienone is 2. The topological polar surface area (TPSA) is 98.3 Å². The third kappa shape index (κ3) is 3.33. The Bertz CT molecular complexity index is 705. The summed E-state index contributed by atoms with van der Waals surface area (Å²) in [6.07, 6.45) is 1.51. The normalized spacial score (nSPS) is 11.2. The SMILES string of the molecule is NC(N)=C(/C=C(\N)c1cc(F)ccc1O)c1ccccc1. The first-order valence-electron chi connectivity index (χ1n) is 6.25. The molecular weight excluding hydrogens is 269 g/mol. The van der Waals surface area contributed by atoms with Crippen molar-refractivity contribution in [1.82, 2.24) is 0 Å². The molecule has 0 bridgehead atoms. The van der Waals surface area contributed by atoms with Crippen LogP contribution in [0.25, 0.3) is 11.3 Å². The molecule has 21 heavy (non-hydrogen) atoms. The van der Waals surface area contributed by atoms with Crippen molar-refractivity contribution in [2.45, 2.75) is 0 Å². The molecule has 108 valence electrons. The second kappa shape index (κ2) is 6.00. The summed E-state index contributed by atoms with van der Waals surface area (Å²) in [7, 11) is 0. The van der Waals surface area contributed by atoms with Crippen molar-refractivity contribution >= 4 is 11.3 Å². The second-order valence-electron chi connectivity index (χ2n) is 4.50. The minimum Gasteiger partial charge on any atom is -0.507 e. The van der Waals surface area contributed by atoms with Crippen molar-refractivity contribution in [1.29, 1.82) is 0 Å². The molecule has 2 rings (SSSR count). The highest BCUT2D eigenvalue weighted by Gasteiger charge is 2.09. The van der Waals surface area contributed by atoms with Gasteiger partial charge in [-0.25, -0.2) is 4.39 Å². The maximum absolute atomic E-state index is 13.3. The molecule has 0 atom stereocenters. The molecule has 0 radical (unpaired) electrons. The molecule has 5 heteroatoms. The zero-order chi connectivity index (χ0) is 15.4. The predicted molar refractivity (Wildman–Crippen MR) is 82.0 cm³/mol. The molecule has 0 fully saturated rings. The number of phenols is 1. The Balaban J connectivity index is 2.49. The third-order valence-corrected chi connectivity index (χ3v) is 2.97. The molecule has 0 saturated carbocycles. The number of aromatic hydroxyl groups is 1. The van der Waals surface area contributed by atoms with E-state index >= 15 is 0 Å². The van der Waals surface area contributed by atoms with E-state index in [1.54, 1.807) is 0 Å². The average molecular weight is 285 g/mol. The van der Waals surface area contributed by atoms with Crippen LogP contribution in [0, 0.1) is 5.82 Å². The van der Waals surface area contributed by atoms with Gasteiger partial charge in [0, 0.05) is 16.8 Å². The quantitative estimate of drug-likeness (QED) is 0.649. The predicted octanol–water partition coefficient (Wildman–Crippen LogP) is 2.12. The van der Waals surface area contributed by atoms with Gasteiger partial charge in [-0.1, -0.05) is 30.3 Å². The van der Waals surface area contributed by atoms with E-state index in [4.69, 9.17) is 17.2 Å². The van der Waals surface area contributed by atoms with Crippen LogP contribution in [0.2, 0.25) is 0 Å². The molecule has 2 aromatic rings. The zero-order valence-corrected chi connectivity index (χ0v) is 11.3. The lowest BCUT2D eigenvalue weighted by atomic mass is 10.0. The largest absolute Gasteiger partial charge is 0.507 e. The van der Waals surface area contributed by atoms with Crippen LogP contribution in [0.4, 0.5) is 4.39 Å². The van der Waals surface area contributed by atoms with Crippen molar-refractivity contribution in [3.63, 3.8) is 0 Å². The molecule has 2 aromatic carbocycles. The highest BCUT2D eigenvalue weighted by atomic mass is 19.1. The highest BCUT2D eigenvalue weighted by Crippen LogP contribution is 2.26. The molecule has 0 unspecified atom stereocenters. The lowest BCUT2D eigenvalue weighted by Gasteiger charge is -2.09. The second-order valence-corrected chi connectivity index (χ2v) is 4.50. The van der Waals surface area contributed by atoms with Crippen molar-refractivity contribution in [3.8, 4) is 5.75 Å². The summed E-state index contributed by atoms with van der Waals surface area (Å²) < 4.78 is 13.3. The third-order valence-electron chi connectivity index (χ3n) is 2.97. The van der Waals surface area contributed by atoms with Crippen LogP contribution in [0.15, 0.2) is 60.4 Å². The maximum atomic E-state index is 13.3. The van der Waals surface area contributed by atoms with E-state index < -0.39 is 5.82 Å². The van der Waals surface area contributed by atoms with Gasteiger partial charge in [0.05, 0.1) is 0 Å². The Morgan fingerprint density at radius 1 is 1.00 bits per heavy atom. The lowest BCUT2D eigenvalue weighted by molar-refractivity contribution is 0.471. The Morgan fingerprint density at radius 2 is 1.67 bits per heavy atom. The van der Waals surface area contributed by atoms with E-state index in [9.17, 15) is 9.50 Å². The Labute approximate surface area is 122 Å². The Kier molecular flexibility index (Phi) is 4.13. The van der Waals surface area contributed by atoms with E-state index in [2.05, 4.69) is 0 Å². The molecule has 0 aliphatic heterocycles. The summed E-state index contributed by atoms with van der Waals surface area (Å²) in [6, 6.07) is 12.7. The van der Waals surface area contributed by atoms with Gasteiger partial charge in [-0.05, 0) is 29.8 Å². The molecule has 0 amide bonds. The fourth-order valence-corrected chi connectivity index (χ4v) is 1.92. The van der Waals surface area contributed by atoms with E-state index in [0.29, 0.717) is 5.57 Å². The molecule has 0 aliphatic carbocycles. The standard InChI is InChI=1S/C16H16FN3O/c17-11-6-7-15(21)13(8-11)14(18)9-12(16(19)20)10-4-2-1-3-5-10/h1-9,21H,18-20H2/b14-9-. The molecule has 7 N–H and O–H groups in total. The van der Waals surface area contributed by atoms with Crippen molar-refractivity contribution in [3.05, 3.63) is 77.4 Å². The number of halogens is 1. The summed E-state index contributed by atoms with van der Waals surface area (Å²) in [4.78, 5) is 0. The van der Waals surface area contributed by atoms with Gasteiger partial charge in [0.2, 0.25) is 0 Å². The number of hydrogen-bond acceptors (Lipinski definition) is 4. The fraction of sp³-hybridized carbons (Fsp3) is 0. The van der Waals surface area contributed by atoms with E-state index in [0.717, 1.165) is 17.7 Å². The van der Waals surface area contributed by atoms with E-state index in [1.165, 1.54) is 12.1 Å². The van der Waals surface area contributed by atoms with Gasteiger partial charge in [-0.2, -0.15) is 0 Å². The highest BCUT2D eigenvalue weighted by molar-refractivity contribution is 5.85. The fourth-order valence-electron chi connectivity index (χ4n) is 1.92. The van der Waals surface area contributed by atoms with Gasteiger partial charge in [0.15, 0.2) is 0 Å². The minimum absolute atomic E-state index is 0.0834. The first-order chi connectivity index (χ1) is 9.99. The molecule has 4 nitrogen and oxygen atoms in total.